The van der Waals surface area contributed by atoms with Crippen LogP contribution in [-0.2, 0) is 9.59 Å². The minimum absolute atomic E-state index is 0.0831. The van der Waals surface area contributed by atoms with E-state index in [1.807, 2.05) is 0 Å². The number of rotatable bonds is 7. The van der Waals surface area contributed by atoms with E-state index in [0.29, 0.717) is 4.31 Å². The van der Waals surface area contributed by atoms with E-state index in [4.69, 9.17) is 47.1 Å². The van der Waals surface area contributed by atoms with Crippen molar-refractivity contribution in [2.45, 2.75) is 33.4 Å². The van der Waals surface area contributed by atoms with Crippen molar-refractivity contribution in [3.05, 3.63) is 42.9 Å². The summed E-state index contributed by atoms with van der Waals surface area (Å²) in [5.41, 5.74) is 0. The van der Waals surface area contributed by atoms with Crippen molar-refractivity contribution < 1.29 is 37.7 Å². The van der Waals surface area contributed by atoms with E-state index < -0.39 is 64.0 Å². The first-order valence-corrected chi connectivity index (χ1v) is 11.1. The number of halogens is 3. The molecular formula is C19H13B6F3N4O5S. The third-order valence-electron chi connectivity index (χ3n) is 5.58. The number of alkyl halides is 2. The highest BCUT2D eigenvalue weighted by Crippen LogP contribution is 2.49. The van der Waals surface area contributed by atoms with Gasteiger partial charge in [-0.3, -0.25) is 9.59 Å². The number of hydrogen-bond acceptors (Lipinski definition) is 8. The van der Waals surface area contributed by atoms with E-state index in [-0.39, 0.29) is 27.1 Å². The summed E-state index contributed by atoms with van der Waals surface area (Å²) < 4.78 is 44.9. The summed E-state index contributed by atoms with van der Waals surface area (Å²) in [6.45, 7) is -0.955. The third-order valence-corrected chi connectivity index (χ3v) is 6.87. The van der Waals surface area contributed by atoms with Gasteiger partial charge in [0.2, 0.25) is 23.6 Å². The topological polar surface area (TPSA) is 115 Å². The van der Waals surface area contributed by atoms with Gasteiger partial charge in [-0.25, -0.2) is 13.7 Å². The Hall–Kier alpha value is -2.48. The van der Waals surface area contributed by atoms with Crippen LogP contribution in [0.2, 0.25) is 0 Å². The van der Waals surface area contributed by atoms with Crippen molar-refractivity contribution in [3.63, 3.8) is 0 Å². The fourth-order valence-electron chi connectivity index (χ4n) is 3.64. The molecule has 1 aliphatic heterocycles. The van der Waals surface area contributed by atoms with Gasteiger partial charge in [-0.1, -0.05) is 6.58 Å². The molecule has 0 atom stereocenters. The van der Waals surface area contributed by atoms with Gasteiger partial charge < -0.3 is 25.2 Å². The maximum atomic E-state index is 14.6. The molecule has 0 saturated carbocycles. The minimum Gasteiger partial charge on any atom is -0.416 e. The number of nitrogens with zero attached hydrogens (tertiary/aromatic N) is 3. The van der Waals surface area contributed by atoms with E-state index in [2.05, 4.69) is 21.6 Å². The lowest BCUT2D eigenvalue weighted by atomic mass is 9.33. The first kappa shape index (κ1) is 30.1. The molecule has 3 N–H and O–H groups in total. The molecule has 0 unspecified atom stereocenters. The number of aliphatic hydroxyl groups is 2. The zero-order chi connectivity index (χ0) is 28.8. The van der Waals surface area contributed by atoms with Gasteiger partial charge >= 0.3 is 6.61 Å². The summed E-state index contributed by atoms with van der Waals surface area (Å²) in [4.78, 5) is 28.1. The average Bonchev–Trinajstić information content (AvgIpc) is 2.80. The molecule has 0 bridgehead atoms. The molecule has 3 rings (SSSR count). The van der Waals surface area contributed by atoms with Crippen LogP contribution in [0.5, 0.6) is 5.88 Å². The molecule has 0 aliphatic carbocycles. The van der Waals surface area contributed by atoms with E-state index in [1.165, 1.54) is 6.07 Å². The smallest absolute Gasteiger partial charge is 0.388 e. The van der Waals surface area contributed by atoms with Gasteiger partial charge in [0.1, 0.15) is 5.82 Å². The lowest BCUT2D eigenvalue weighted by Gasteiger charge is -2.71. The zero-order valence-electron chi connectivity index (χ0n) is 19.3. The monoisotopic (exact) mass is 532 g/mol. The van der Waals surface area contributed by atoms with E-state index in [9.17, 15) is 33.0 Å². The Labute approximate surface area is 227 Å². The molecule has 1 aliphatic rings. The van der Waals surface area contributed by atoms with Crippen LogP contribution in [0.15, 0.2) is 41.9 Å². The fourth-order valence-corrected chi connectivity index (χ4v) is 4.80. The molecule has 1 aromatic carbocycles. The second-order valence-electron chi connectivity index (χ2n) is 8.11. The van der Waals surface area contributed by atoms with Crippen LogP contribution in [0.25, 0.3) is 10.8 Å². The highest BCUT2D eigenvalue weighted by molar-refractivity contribution is 7.97. The van der Waals surface area contributed by atoms with Gasteiger partial charge in [0, 0.05) is 21.8 Å². The lowest BCUT2D eigenvalue weighted by Crippen LogP contribution is -2.91. The number of ether oxygens (including phenoxy) is 1. The second kappa shape index (κ2) is 10.2. The van der Waals surface area contributed by atoms with Crippen molar-refractivity contribution in [1.29, 1.82) is 0 Å². The van der Waals surface area contributed by atoms with Crippen molar-refractivity contribution in [2.75, 3.05) is 6.54 Å². The van der Waals surface area contributed by atoms with Crippen molar-refractivity contribution in [1.82, 2.24) is 19.5 Å². The average molecular weight is 531 g/mol. The second-order valence-corrected chi connectivity index (χ2v) is 9.10. The van der Waals surface area contributed by atoms with Gasteiger partial charge in [-0.2, -0.15) is 8.78 Å². The van der Waals surface area contributed by atoms with Crippen molar-refractivity contribution in [3.8, 4) is 5.88 Å². The molecular weight excluding hydrogens is 518 g/mol. The standard InChI is InChI=1S/C19H13B6F3N4O5S/c1-2-11(33)30-7-12(34)31-16(20,21)17(22,23)32(19(35,36)18(31,24)25)38-10-4-3-9(26)13-8(10)5-6-29-14(13)37-15(27)28/h2-6,15,35-36H,1,7H2,(H,30,33). The number of carbonyl (C=O) groups excluding carboxylic acids is 2. The van der Waals surface area contributed by atoms with Gasteiger partial charge in [-0.15, -0.1) is 0 Å². The lowest BCUT2D eigenvalue weighted by molar-refractivity contribution is -0.292. The highest BCUT2D eigenvalue weighted by atomic mass is 32.2. The number of pyridine rings is 1. The van der Waals surface area contributed by atoms with Crippen LogP contribution in [-0.4, -0.2) is 118 Å². The molecule has 1 aromatic heterocycles. The number of carbonyl (C=O) groups is 2. The van der Waals surface area contributed by atoms with E-state index in [0.717, 1.165) is 24.4 Å². The van der Waals surface area contributed by atoms with Crippen LogP contribution in [0.1, 0.15) is 0 Å². The maximum Gasteiger partial charge on any atom is 0.388 e. The predicted octanol–water partition coefficient (Wildman–Crippen LogP) is -1.96. The molecule has 1 fully saturated rings. The Morgan fingerprint density at radius 3 is 2.34 bits per heavy atom. The fraction of sp³-hybridized carbons (Fsp3) is 0.316. The summed E-state index contributed by atoms with van der Waals surface area (Å²) in [7, 11) is 36.3. The van der Waals surface area contributed by atoms with Gasteiger partial charge in [0.15, 0.2) is 0 Å². The number of fused-ring (bicyclic) bond motifs is 1. The molecule has 184 valence electrons. The molecule has 1 saturated heterocycles. The molecule has 2 amide bonds. The Kier molecular flexibility index (Phi) is 8.11. The van der Waals surface area contributed by atoms with Crippen LogP contribution in [0.3, 0.4) is 0 Å². The molecule has 9 nitrogen and oxygen atoms in total. The van der Waals surface area contributed by atoms with Gasteiger partial charge in [0.05, 0.1) is 59.0 Å². The Bertz CT molecular complexity index is 1260. The number of nitrogens with one attached hydrogen (secondary N) is 1. The quantitative estimate of drug-likeness (QED) is 0.164. The SMILES string of the molecule is [B]C1([B])N(C(=O)CNC(=O)C=C)C([B])([B])C(O)(O)N(Sc2ccc(F)c3c(OC(F)F)nccc23)C1([B])[B]. The van der Waals surface area contributed by atoms with Gasteiger partial charge in [-0.05, 0) is 46.9 Å². The van der Waals surface area contributed by atoms with E-state index in [1.54, 1.807) is 0 Å². The number of benzene rings is 1. The molecule has 38 heavy (non-hydrogen) atoms. The summed E-state index contributed by atoms with van der Waals surface area (Å²) in [6.07, 6.45) is 1.87. The van der Waals surface area contributed by atoms with Crippen LogP contribution >= 0.6 is 11.9 Å². The van der Waals surface area contributed by atoms with Crippen molar-refractivity contribution >= 4 is 81.6 Å². The molecule has 19 heteroatoms. The molecule has 12 radical (unpaired) electrons. The number of aromatic nitrogens is 1. The molecule has 2 aromatic rings. The summed E-state index contributed by atoms with van der Waals surface area (Å²) in [5, 5.41) is 15.0. The summed E-state index contributed by atoms with van der Waals surface area (Å²) in [6, 6.07) is 3.14. The minimum atomic E-state index is -3.53. The highest BCUT2D eigenvalue weighted by Gasteiger charge is 2.66. The first-order valence-electron chi connectivity index (χ1n) is 10.3. The van der Waals surface area contributed by atoms with Crippen molar-refractivity contribution in [2.24, 2.45) is 0 Å². The Balaban J connectivity index is 2.12. The molecule has 2 heterocycles. The first-order chi connectivity index (χ1) is 17.4. The number of hydrogen-bond donors (Lipinski definition) is 3. The van der Waals surface area contributed by atoms with E-state index >= 15 is 0 Å². The van der Waals surface area contributed by atoms with Crippen LogP contribution < -0.4 is 10.1 Å². The zero-order valence-corrected chi connectivity index (χ0v) is 20.2. The maximum absolute atomic E-state index is 14.6. The number of piperazine rings is 1. The summed E-state index contributed by atoms with van der Waals surface area (Å²) >= 11 is 0.289. The van der Waals surface area contributed by atoms with Gasteiger partial charge in [0.25, 0.3) is 0 Å². The normalized spacial score (nSPS) is 19.7. The predicted molar refractivity (Wildman–Crippen MR) is 136 cm³/mol. The number of amides is 2. The Morgan fingerprint density at radius 2 is 1.76 bits per heavy atom. The third kappa shape index (κ3) is 4.85. The van der Waals surface area contributed by atoms with Crippen LogP contribution in [0, 0.1) is 5.82 Å². The Morgan fingerprint density at radius 1 is 1.13 bits per heavy atom. The summed E-state index contributed by atoms with van der Waals surface area (Å²) in [5.74, 6) is -7.31. The molecule has 0 spiro atoms. The largest absolute Gasteiger partial charge is 0.416 e. The van der Waals surface area contributed by atoms with Crippen LogP contribution in [0.4, 0.5) is 13.2 Å².